The number of hydrogen-bond acceptors (Lipinski definition) is 6. The molecule has 0 aromatic carbocycles. The zero-order valence-electron chi connectivity index (χ0n) is 45.2. The van der Waals surface area contributed by atoms with Crippen LogP contribution in [0.25, 0.3) is 0 Å². The Balaban J connectivity index is 4.29. The Labute approximate surface area is 412 Å². The molecular formula is C60H116O6. The SMILES string of the molecule is CCCCCCCCCCCCCCCCCCCC(=O)OC[C@H](COC(=O)CCCCCCCCCCCCCCC(C)C)OC(=O)CCCCCCCCCCCCCCCCCC. The van der Waals surface area contributed by atoms with Gasteiger partial charge in [-0.15, -0.1) is 0 Å². The third kappa shape index (κ3) is 53.4. The normalized spacial score (nSPS) is 12.0. The van der Waals surface area contributed by atoms with Crippen molar-refractivity contribution in [3.8, 4) is 0 Å². The molecule has 1 atom stereocenters. The van der Waals surface area contributed by atoms with Gasteiger partial charge in [0.2, 0.25) is 0 Å². The molecule has 0 radical (unpaired) electrons. The molecule has 66 heavy (non-hydrogen) atoms. The van der Waals surface area contributed by atoms with Gasteiger partial charge in [0.15, 0.2) is 6.10 Å². The summed E-state index contributed by atoms with van der Waals surface area (Å²) >= 11 is 0. The zero-order chi connectivity index (χ0) is 48.1. The Hall–Kier alpha value is -1.59. The van der Waals surface area contributed by atoms with Crippen LogP contribution < -0.4 is 0 Å². The lowest BCUT2D eigenvalue weighted by Crippen LogP contribution is -2.30. The molecule has 0 saturated carbocycles. The molecule has 0 aliphatic carbocycles. The smallest absolute Gasteiger partial charge is 0.306 e. The summed E-state index contributed by atoms with van der Waals surface area (Å²) in [6, 6.07) is 0. The summed E-state index contributed by atoms with van der Waals surface area (Å²) in [6.45, 7) is 9.07. The Morgan fingerprint density at radius 2 is 0.500 bits per heavy atom. The number of carbonyl (C=O) groups excluding carboxylic acids is 3. The number of rotatable bonds is 55. The molecule has 0 bridgehead atoms. The van der Waals surface area contributed by atoms with Crippen LogP contribution in [0.3, 0.4) is 0 Å². The minimum absolute atomic E-state index is 0.0616. The Morgan fingerprint density at radius 1 is 0.288 bits per heavy atom. The third-order valence-corrected chi connectivity index (χ3v) is 13.8. The van der Waals surface area contributed by atoms with Gasteiger partial charge in [-0.2, -0.15) is 0 Å². The van der Waals surface area contributed by atoms with Crippen LogP contribution in [0.5, 0.6) is 0 Å². The second-order valence-corrected chi connectivity index (χ2v) is 21.1. The standard InChI is InChI=1S/C60H116O6/c1-5-7-9-11-13-15-17-19-21-23-25-26-31-35-39-43-47-51-58(61)64-54-57(55-65-59(62)52-48-44-40-36-32-29-28-30-34-38-42-46-50-56(3)4)66-60(63)53-49-45-41-37-33-27-24-22-20-18-16-14-12-10-8-6-2/h56-57H,5-55H2,1-4H3/t57-/m1/s1. The van der Waals surface area contributed by atoms with E-state index >= 15 is 0 Å². The van der Waals surface area contributed by atoms with Crippen LogP contribution in [0.2, 0.25) is 0 Å². The maximum absolute atomic E-state index is 12.9. The topological polar surface area (TPSA) is 78.9 Å². The van der Waals surface area contributed by atoms with E-state index in [2.05, 4.69) is 27.7 Å². The van der Waals surface area contributed by atoms with E-state index in [0.29, 0.717) is 19.3 Å². The molecule has 392 valence electrons. The summed E-state index contributed by atoms with van der Waals surface area (Å²) in [5.41, 5.74) is 0. The summed E-state index contributed by atoms with van der Waals surface area (Å²) in [7, 11) is 0. The molecule has 0 aromatic rings. The molecule has 6 heteroatoms. The first kappa shape index (κ1) is 64.4. The molecule has 0 N–H and O–H groups in total. The molecule has 0 heterocycles. The van der Waals surface area contributed by atoms with Crippen molar-refractivity contribution in [2.75, 3.05) is 13.2 Å². The lowest BCUT2D eigenvalue weighted by atomic mass is 10.0. The first-order chi connectivity index (χ1) is 32.4. The van der Waals surface area contributed by atoms with E-state index in [0.717, 1.165) is 63.7 Å². The predicted octanol–water partition coefficient (Wildman–Crippen LogP) is 19.8. The lowest BCUT2D eigenvalue weighted by Gasteiger charge is -2.18. The van der Waals surface area contributed by atoms with Crippen LogP contribution in [-0.2, 0) is 28.6 Å². The van der Waals surface area contributed by atoms with Gasteiger partial charge in [0, 0.05) is 19.3 Å². The van der Waals surface area contributed by atoms with Crippen molar-refractivity contribution < 1.29 is 28.6 Å². The van der Waals surface area contributed by atoms with Gasteiger partial charge in [-0.3, -0.25) is 14.4 Å². The minimum Gasteiger partial charge on any atom is -0.462 e. The monoisotopic (exact) mass is 933 g/mol. The number of unbranched alkanes of at least 4 members (excludes halogenated alkanes) is 42. The largest absolute Gasteiger partial charge is 0.462 e. The molecule has 0 rings (SSSR count). The van der Waals surface area contributed by atoms with E-state index in [4.69, 9.17) is 14.2 Å². The summed E-state index contributed by atoms with van der Waals surface area (Å²) in [5, 5.41) is 0. The quantitative estimate of drug-likeness (QED) is 0.0343. The highest BCUT2D eigenvalue weighted by Crippen LogP contribution is 2.18. The molecule has 6 nitrogen and oxygen atoms in total. The number of carbonyl (C=O) groups is 3. The summed E-state index contributed by atoms with van der Waals surface area (Å²) < 4.78 is 16.9. The van der Waals surface area contributed by atoms with Crippen LogP contribution in [-0.4, -0.2) is 37.2 Å². The van der Waals surface area contributed by atoms with Crippen LogP contribution in [0.15, 0.2) is 0 Å². The second kappa shape index (κ2) is 54.4. The van der Waals surface area contributed by atoms with E-state index in [1.165, 1.54) is 238 Å². The van der Waals surface area contributed by atoms with Crippen molar-refractivity contribution in [2.45, 2.75) is 348 Å². The maximum atomic E-state index is 12.9. The Kier molecular flexibility index (Phi) is 53.0. The Bertz CT molecular complexity index is 996. The molecule has 0 fully saturated rings. The van der Waals surface area contributed by atoms with E-state index in [1.807, 2.05) is 0 Å². The van der Waals surface area contributed by atoms with Crippen LogP contribution in [0.1, 0.15) is 342 Å². The van der Waals surface area contributed by atoms with E-state index in [9.17, 15) is 14.4 Å². The van der Waals surface area contributed by atoms with Crippen molar-refractivity contribution in [1.82, 2.24) is 0 Å². The fraction of sp³-hybridized carbons (Fsp3) is 0.950. The molecular weight excluding hydrogens is 817 g/mol. The Morgan fingerprint density at radius 3 is 0.742 bits per heavy atom. The summed E-state index contributed by atoms with van der Waals surface area (Å²) in [4.78, 5) is 38.2. The highest BCUT2D eigenvalue weighted by Gasteiger charge is 2.19. The molecule has 0 unspecified atom stereocenters. The molecule has 0 spiro atoms. The van der Waals surface area contributed by atoms with Gasteiger partial charge in [-0.25, -0.2) is 0 Å². The van der Waals surface area contributed by atoms with Crippen LogP contribution >= 0.6 is 0 Å². The van der Waals surface area contributed by atoms with Crippen molar-refractivity contribution in [3.63, 3.8) is 0 Å². The molecule has 0 amide bonds. The molecule has 0 saturated heterocycles. The number of ether oxygens (including phenoxy) is 3. The van der Waals surface area contributed by atoms with E-state index in [1.54, 1.807) is 0 Å². The fourth-order valence-electron chi connectivity index (χ4n) is 9.28. The fourth-order valence-corrected chi connectivity index (χ4v) is 9.28. The van der Waals surface area contributed by atoms with Gasteiger partial charge in [-0.05, 0) is 25.2 Å². The van der Waals surface area contributed by atoms with Crippen molar-refractivity contribution in [2.24, 2.45) is 5.92 Å². The maximum Gasteiger partial charge on any atom is 0.306 e. The van der Waals surface area contributed by atoms with Gasteiger partial charge < -0.3 is 14.2 Å². The zero-order valence-corrected chi connectivity index (χ0v) is 45.2. The van der Waals surface area contributed by atoms with Crippen molar-refractivity contribution >= 4 is 17.9 Å². The number of hydrogen-bond donors (Lipinski definition) is 0. The average molecular weight is 934 g/mol. The first-order valence-corrected chi connectivity index (χ1v) is 29.9. The highest BCUT2D eigenvalue weighted by molar-refractivity contribution is 5.71. The van der Waals surface area contributed by atoms with Crippen molar-refractivity contribution in [1.29, 1.82) is 0 Å². The molecule has 0 aliphatic heterocycles. The average Bonchev–Trinajstić information content (AvgIpc) is 3.30. The highest BCUT2D eigenvalue weighted by atomic mass is 16.6. The van der Waals surface area contributed by atoms with Gasteiger partial charge >= 0.3 is 17.9 Å². The predicted molar refractivity (Wildman–Crippen MR) is 284 cm³/mol. The minimum atomic E-state index is -0.762. The van der Waals surface area contributed by atoms with Crippen LogP contribution in [0, 0.1) is 5.92 Å². The second-order valence-electron chi connectivity index (χ2n) is 21.1. The number of esters is 3. The molecule has 0 aromatic heterocycles. The lowest BCUT2D eigenvalue weighted by molar-refractivity contribution is -0.167. The van der Waals surface area contributed by atoms with Gasteiger partial charge in [0.1, 0.15) is 13.2 Å². The van der Waals surface area contributed by atoms with E-state index in [-0.39, 0.29) is 31.1 Å². The summed E-state index contributed by atoms with van der Waals surface area (Å²) in [6.07, 6.45) is 59.5. The van der Waals surface area contributed by atoms with Gasteiger partial charge in [0.05, 0.1) is 0 Å². The van der Waals surface area contributed by atoms with Gasteiger partial charge in [-0.1, -0.05) is 304 Å². The van der Waals surface area contributed by atoms with Crippen LogP contribution in [0.4, 0.5) is 0 Å². The molecule has 0 aliphatic rings. The first-order valence-electron chi connectivity index (χ1n) is 29.9. The van der Waals surface area contributed by atoms with Crippen molar-refractivity contribution in [3.05, 3.63) is 0 Å². The van der Waals surface area contributed by atoms with E-state index < -0.39 is 6.10 Å². The third-order valence-electron chi connectivity index (χ3n) is 13.8. The summed E-state index contributed by atoms with van der Waals surface area (Å²) in [5.74, 6) is 0.00123. The van der Waals surface area contributed by atoms with Gasteiger partial charge in [0.25, 0.3) is 0 Å².